The van der Waals surface area contributed by atoms with Crippen LogP contribution >= 0.6 is 35.2 Å². The molecule has 7 atom stereocenters. The highest BCUT2D eigenvalue weighted by molar-refractivity contribution is 8.13. The van der Waals surface area contributed by atoms with Gasteiger partial charge in [0.1, 0.15) is 36.3 Å². The average molecular weight is 943 g/mol. The average Bonchev–Trinajstić information content (AvgIpc) is 3.70. The maximum Gasteiger partial charge on any atom is 0.481 e. The van der Waals surface area contributed by atoms with Gasteiger partial charge in [-0.3, -0.25) is 42.1 Å². The van der Waals surface area contributed by atoms with Crippen molar-refractivity contribution in [2.45, 2.75) is 63.8 Å². The molecule has 3 rings (SSSR count). The third-order valence-corrected chi connectivity index (χ3v) is 11.5. The molecule has 2 unspecified atom stereocenters. The molecule has 33 heteroatoms. The SMILES string of the molecule is CC(C)(COP(=O)(O)OP(=O)(O)OC[C@H]1O[C@@H](n2cnc3c(N)ncnc32)[C@H](O)[C@@H]1OP(=O)(O)O)[C@@H](O)C(=O)NCCC(=O)NCCSC(=O)CCC(=O)O.NCC(=O)O. The zero-order valence-electron chi connectivity index (χ0n) is 31.5. The van der Waals surface area contributed by atoms with Gasteiger partial charge >= 0.3 is 35.4 Å². The van der Waals surface area contributed by atoms with Crippen LogP contribution in [0.3, 0.4) is 0 Å². The lowest BCUT2D eigenvalue weighted by molar-refractivity contribution is -0.138. The van der Waals surface area contributed by atoms with E-state index in [0.29, 0.717) is 0 Å². The number of aliphatic hydroxyl groups is 2. The van der Waals surface area contributed by atoms with E-state index in [2.05, 4.69) is 40.2 Å². The maximum atomic E-state index is 12.6. The fraction of sp³-hybridized carbons (Fsp3) is 0.630. The summed E-state index contributed by atoms with van der Waals surface area (Å²) < 4.78 is 61.9. The van der Waals surface area contributed by atoms with E-state index >= 15 is 0 Å². The van der Waals surface area contributed by atoms with E-state index in [0.717, 1.165) is 29.0 Å². The minimum atomic E-state index is -5.59. The molecule has 0 saturated carbocycles. The van der Waals surface area contributed by atoms with Gasteiger partial charge in [-0.05, 0) is 0 Å². The van der Waals surface area contributed by atoms with Crippen LogP contribution < -0.4 is 22.1 Å². The number of imidazole rings is 1. The topological polar surface area (TPSA) is 464 Å². The molecule has 60 heavy (non-hydrogen) atoms. The number of carboxylic acids is 2. The molecule has 29 nitrogen and oxygen atoms in total. The number of carboxylic acid groups (broad SMARTS) is 2. The summed E-state index contributed by atoms with van der Waals surface area (Å²) in [5.74, 6) is -3.48. The highest BCUT2D eigenvalue weighted by Crippen LogP contribution is 2.61. The molecule has 1 saturated heterocycles. The van der Waals surface area contributed by atoms with Crippen molar-refractivity contribution in [3.05, 3.63) is 12.7 Å². The minimum absolute atomic E-state index is 0.0197. The second-order valence-corrected chi connectivity index (χ2v) is 18.2. The van der Waals surface area contributed by atoms with Gasteiger partial charge in [0, 0.05) is 37.1 Å². The van der Waals surface area contributed by atoms with Crippen LogP contribution in [0.4, 0.5) is 5.82 Å². The third kappa shape index (κ3) is 17.8. The summed E-state index contributed by atoms with van der Waals surface area (Å²) in [6.07, 6.45) is -7.55. The van der Waals surface area contributed by atoms with Gasteiger partial charge in [-0.15, -0.1) is 0 Å². The summed E-state index contributed by atoms with van der Waals surface area (Å²) in [4.78, 5) is 107. The van der Waals surface area contributed by atoms with E-state index < -0.39 is 96.5 Å². The summed E-state index contributed by atoms with van der Waals surface area (Å²) in [5.41, 5.74) is 8.77. The minimum Gasteiger partial charge on any atom is -0.481 e. The van der Waals surface area contributed by atoms with Gasteiger partial charge < -0.3 is 66.8 Å². The van der Waals surface area contributed by atoms with Gasteiger partial charge in [0.25, 0.3) is 0 Å². The van der Waals surface area contributed by atoms with Gasteiger partial charge in [0.2, 0.25) is 11.8 Å². The first kappa shape index (κ1) is 52.6. The molecule has 2 aromatic heterocycles. The van der Waals surface area contributed by atoms with Crippen molar-refractivity contribution < 1.29 is 100 Å². The molecule has 0 aliphatic carbocycles. The van der Waals surface area contributed by atoms with E-state index in [1.54, 1.807) is 0 Å². The molecular weight excluding hydrogens is 897 g/mol. The van der Waals surface area contributed by atoms with Crippen LogP contribution in [0.2, 0.25) is 0 Å². The molecule has 1 aliphatic heterocycles. The first-order chi connectivity index (χ1) is 27.7. The summed E-state index contributed by atoms with van der Waals surface area (Å²) in [7, 11) is -16.4. The number of nitrogens with two attached hydrogens (primary N) is 2. The fourth-order valence-electron chi connectivity index (χ4n) is 4.58. The molecule has 3 heterocycles. The molecule has 2 aromatic rings. The largest absolute Gasteiger partial charge is 0.481 e. The highest BCUT2D eigenvalue weighted by atomic mass is 32.2. The number of nitrogens with zero attached hydrogens (tertiary/aromatic N) is 4. The number of nitrogen functional groups attached to an aromatic ring is 1. The number of fused-ring (bicyclic) bond motifs is 1. The van der Waals surface area contributed by atoms with E-state index in [4.69, 9.17) is 29.7 Å². The van der Waals surface area contributed by atoms with Gasteiger partial charge in [0.15, 0.2) is 22.8 Å². The van der Waals surface area contributed by atoms with E-state index in [9.17, 15) is 67.5 Å². The number of aromatic nitrogens is 4. The molecule has 0 aromatic carbocycles. The van der Waals surface area contributed by atoms with Crippen LogP contribution in [0, 0.1) is 5.41 Å². The van der Waals surface area contributed by atoms with Crippen LogP contribution in [-0.2, 0) is 60.3 Å². The Balaban J connectivity index is 0.00000233. The summed E-state index contributed by atoms with van der Waals surface area (Å²) in [5, 5.41) is 42.0. The summed E-state index contributed by atoms with van der Waals surface area (Å²) in [6, 6.07) is 0. The Bertz CT molecular complexity index is 1970. The monoisotopic (exact) mass is 942 g/mol. The number of hydrogen-bond acceptors (Lipinski definition) is 21. The van der Waals surface area contributed by atoms with Crippen LogP contribution in [-0.4, -0.2) is 151 Å². The number of aliphatic hydroxyl groups excluding tert-OH is 2. The quantitative estimate of drug-likeness (QED) is 0.0407. The number of rotatable bonds is 23. The van der Waals surface area contributed by atoms with Crippen molar-refractivity contribution in [2.75, 3.05) is 44.3 Å². The van der Waals surface area contributed by atoms with Crippen LogP contribution in [0.1, 0.15) is 39.3 Å². The van der Waals surface area contributed by atoms with Crippen LogP contribution in [0.25, 0.3) is 11.2 Å². The Hall–Kier alpha value is -3.54. The fourth-order valence-corrected chi connectivity index (χ4v) is 8.08. The van der Waals surface area contributed by atoms with E-state index in [1.165, 1.54) is 13.8 Å². The molecule has 1 aliphatic rings. The number of carbonyl (C=O) groups excluding carboxylic acids is 3. The Kier molecular flexibility index (Phi) is 20.2. The molecular formula is C27H45N8O21P3S. The number of phosphoric acid groups is 3. The number of nitrogens with one attached hydrogen (secondary N) is 2. The molecule has 0 spiro atoms. The van der Waals surface area contributed by atoms with Crippen molar-refractivity contribution >= 4 is 81.1 Å². The van der Waals surface area contributed by atoms with E-state index in [-0.39, 0.29) is 66.7 Å². The first-order valence-electron chi connectivity index (χ1n) is 16.9. The molecule has 14 N–H and O–H groups in total. The Labute approximate surface area is 343 Å². The predicted octanol–water partition coefficient (Wildman–Crippen LogP) is -2.44. The van der Waals surface area contributed by atoms with Gasteiger partial charge in [-0.2, -0.15) is 4.31 Å². The number of anilines is 1. The number of ether oxygens (including phenoxy) is 1. The van der Waals surface area contributed by atoms with Gasteiger partial charge in [0.05, 0.1) is 32.5 Å². The normalized spacial score (nSPS) is 20.6. The van der Waals surface area contributed by atoms with Crippen molar-refractivity contribution in [2.24, 2.45) is 11.1 Å². The zero-order chi connectivity index (χ0) is 45.6. The Morgan fingerprint density at radius 2 is 1.60 bits per heavy atom. The number of amides is 2. The number of aliphatic carboxylic acids is 2. The lowest BCUT2D eigenvalue weighted by atomic mass is 9.87. The zero-order valence-corrected chi connectivity index (χ0v) is 35.0. The molecule has 0 bridgehead atoms. The Morgan fingerprint density at radius 1 is 0.967 bits per heavy atom. The number of phosphoric ester groups is 3. The lowest BCUT2D eigenvalue weighted by Gasteiger charge is -2.30. The predicted molar refractivity (Wildman–Crippen MR) is 201 cm³/mol. The summed E-state index contributed by atoms with van der Waals surface area (Å²) in [6.45, 7) is -0.0649. The number of hydrogen-bond donors (Lipinski definition) is 12. The summed E-state index contributed by atoms with van der Waals surface area (Å²) >= 11 is 0.849. The first-order valence-corrected chi connectivity index (χ1v) is 22.4. The maximum absolute atomic E-state index is 12.6. The second-order valence-electron chi connectivity index (χ2n) is 12.8. The van der Waals surface area contributed by atoms with Gasteiger partial charge in [-0.1, -0.05) is 25.6 Å². The smallest absolute Gasteiger partial charge is 0.481 e. The number of thioether (sulfide) groups is 1. The molecule has 340 valence electrons. The standard InChI is InChI=1S/C25H40N7O19P3S.C2H5NO2/c1-25(2,20(38)23(39)28-6-5-14(33)27-7-8-55-16(36)4-3-15(34)35)10-48-54(45,46)51-53(43,44)47-9-13-19(50-52(40,41)42)18(37)24(49-13)32-12-31-17-21(26)29-11-30-22(17)32;3-1-2(4)5/h11-13,18-20,24,37-38H,3-10H2,1-2H3,(H,27,33)(H,28,39)(H,34,35)(H,43,44)(H,45,46)(H2,26,29,30)(H2,40,41,42);1,3H2,(H,4,5)/t13-,18-,19-,20+,24-;/m1./s1. The molecule has 2 amide bonds. The number of carbonyl (C=O) groups is 5. The second kappa shape index (κ2) is 23.1. The Morgan fingerprint density at radius 3 is 2.20 bits per heavy atom. The van der Waals surface area contributed by atoms with Crippen molar-refractivity contribution in [3.8, 4) is 0 Å². The van der Waals surface area contributed by atoms with Gasteiger partial charge in [-0.25, -0.2) is 28.6 Å². The van der Waals surface area contributed by atoms with Crippen molar-refractivity contribution in [1.29, 1.82) is 0 Å². The highest BCUT2D eigenvalue weighted by Gasteiger charge is 2.50. The molecule has 1 fully saturated rings. The van der Waals surface area contributed by atoms with Crippen LogP contribution in [0.5, 0.6) is 0 Å². The van der Waals surface area contributed by atoms with Crippen molar-refractivity contribution in [1.82, 2.24) is 30.2 Å². The van der Waals surface area contributed by atoms with Crippen molar-refractivity contribution in [3.63, 3.8) is 0 Å². The molecule has 0 radical (unpaired) electrons. The van der Waals surface area contributed by atoms with E-state index in [1.807, 2.05) is 0 Å². The third-order valence-electron chi connectivity index (χ3n) is 7.48. The van der Waals surface area contributed by atoms with Crippen LogP contribution in [0.15, 0.2) is 12.7 Å². The lowest BCUT2D eigenvalue weighted by Crippen LogP contribution is -2.46.